The number of benzene rings is 5. The number of hydrogen-bond acceptors (Lipinski definition) is 24. The quantitative estimate of drug-likeness (QED) is 0.0153. The molecule has 0 fully saturated rings. The molecule has 0 saturated heterocycles. The van der Waals surface area contributed by atoms with Crippen molar-refractivity contribution in [3.05, 3.63) is 82.9 Å². The number of thioether (sulfide) groups is 1. The molecule has 29 nitrogen and oxygen atoms in total. The molecule has 0 unspecified atom stereocenters. The van der Waals surface area contributed by atoms with E-state index < -0.39 is 105 Å². The van der Waals surface area contributed by atoms with E-state index in [1.807, 2.05) is 0 Å². The predicted molar refractivity (Wildman–Crippen MR) is 294 cm³/mol. The zero-order chi connectivity index (χ0) is 59.3. The van der Waals surface area contributed by atoms with E-state index in [4.69, 9.17) is 15.2 Å². The lowest BCUT2D eigenvalue weighted by molar-refractivity contribution is 0.100. The fraction of sp³-hybridized carbons (Fsp3) is 0.222. The van der Waals surface area contributed by atoms with E-state index in [9.17, 15) is 74.8 Å². The normalized spacial score (nSPS) is 13.1. The number of imidazole rings is 1. The van der Waals surface area contributed by atoms with Gasteiger partial charge in [0.05, 0.1) is 63.6 Å². The Morgan fingerprint density at radius 2 is 1.30 bits per heavy atom. The molecule has 8 rings (SSSR count). The molecule has 8 N–H and O–H groups in total. The van der Waals surface area contributed by atoms with Crippen LogP contribution in [0, 0.1) is 20.8 Å². The third-order valence-corrected chi connectivity index (χ3v) is 18.3. The maximum absolute atomic E-state index is 12.8. The van der Waals surface area contributed by atoms with Crippen LogP contribution in [0.5, 0.6) is 17.4 Å². The van der Waals surface area contributed by atoms with E-state index in [0.29, 0.717) is 50.5 Å². The summed E-state index contributed by atoms with van der Waals surface area (Å²) in [5, 5.41) is 36.5. The number of ether oxygens (including phenoxy) is 2. The van der Waals surface area contributed by atoms with Gasteiger partial charge in [-0.2, -0.15) is 47.2 Å². The maximum Gasteiger partial charge on any atom is 0.299 e. The van der Waals surface area contributed by atoms with Gasteiger partial charge in [-0.25, -0.2) is 9.97 Å². The number of thiazole rings is 1. The monoisotopic (exact) mass is 1250 g/mol. The van der Waals surface area contributed by atoms with Gasteiger partial charge in [-0.1, -0.05) is 23.5 Å². The summed E-state index contributed by atoms with van der Waals surface area (Å²) in [4.78, 5) is 18.1. The first-order chi connectivity index (χ1) is 37.8. The molecule has 1 amide bonds. The van der Waals surface area contributed by atoms with E-state index in [1.165, 1.54) is 35.6 Å². The van der Waals surface area contributed by atoms with Gasteiger partial charge in [0.15, 0.2) is 10.5 Å². The molecule has 0 saturated carbocycles. The number of primary amides is 1. The van der Waals surface area contributed by atoms with Crippen LogP contribution in [-0.4, -0.2) is 121 Å². The van der Waals surface area contributed by atoms with Gasteiger partial charge < -0.3 is 20.3 Å². The van der Waals surface area contributed by atoms with E-state index >= 15 is 0 Å². The van der Waals surface area contributed by atoms with Crippen molar-refractivity contribution in [2.24, 2.45) is 36.4 Å². The summed E-state index contributed by atoms with van der Waals surface area (Å²) in [6.45, 7) is 4.42. The van der Waals surface area contributed by atoms with Gasteiger partial charge in [0.2, 0.25) is 11.0 Å². The molecule has 0 aliphatic heterocycles. The lowest BCUT2D eigenvalue weighted by atomic mass is 10.1. The van der Waals surface area contributed by atoms with E-state index in [0.717, 1.165) is 18.9 Å². The number of aryl methyl sites for hydroxylation is 2. The van der Waals surface area contributed by atoms with Crippen LogP contribution in [0.25, 0.3) is 37.7 Å². The van der Waals surface area contributed by atoms with Crippen molar-refractivity contribution < 1.29 is 84.2 Å². The van der Waals surface area contributed by atoms with Gasteiger partial charge in [0, 0.05) is 21.7 Å². The topological polar surface area (TPSA) is 458 Å². The largest absolute Gasteiger partial charge is 0.495 e. The average molecular weight is 1250 g/mol. The minimum Gasteiger partial charge on any atom is -0.495 e. The molecule has 0 radical (unpaired) electrons. The summed E-state index contributed by atoms with van der Waals surface area (Å²) >= 11 is 1.65. The Balaban J connectivity index is 1.20. The number of amides is 1. The molecule has 5 aromatic carbocycles. The third-order valence-electron chi connectivity index (χ3n) is 11.7. The van der Waals surface area contributed by atoms with Crippen LogP contribution in [0.2, 0.25) is 0 Å². The first kappa shape index (κ1) is 59.9. The van der Waals surface area contributed by atoms with Crippen molar-refractivity contribution in [2.75, 3.05) is 31.0 Å². The van der Waals surface area contributed by atoms with E-state index in [-0.39, 0.29) is 91.4 Å². The Hall–Kier alpha value is -7.23. The lowest BCUT2D eigenvalue weighted by Gasteiger charge is -2.14. The van der Waals surface area contributed by atoms with Crippen LogP contribution in [0.3, 0.4) is 0 Å². The van der Waals surface area contributed by atoms with E-state index in [2.05, 4.69) is 40.7 Å². The fourth-order valence-corrected chi connectivity index (χ4v) is 13.9. The summed E-state index contributed by atoms with van der Waals surface area (Å²) in [7, 11) is -24.0. The van der Waals surface area contributed by atoms with Gasteiger partial charge in [-0.15, -0.1) is 37.3 Å². The minimum atomic E-state index is -5.49. The summed E-state index contributed by atoms with van der Waals surface area (Å²) in [6, 6.07) is 13.9. The maximum atomic E-state index is 12.8. The molecule has 0 spiro atoms. The highest BCUT2D eigenvalue weighted by Crippen LogP contribution is 2.47. The summed E-state index contributed by atoms with van der Waals surface area (Å²) < 4.78 is 183. The average Bonchev–Trinajstić information content (AvgIpc) is 4.12. The molecule has 8 aromatic rings. The third kappa shape index (κ3) is 13.1. The second-order valence-corrected chi connectivity index (χ2v) is 26.8. The predicted octanol–water partition coefficient (Wildman–Crippen LogP) is 9.00. The Morgan fingerprint density at radius 1 is 0.704 bits per heavy atom. The highest BCUT2D eigenvalue weighted by Gasteiger charge is 2.33. The molecule has 36 heteroatoms. The van der Waals surface area contributed by atoms with E-state index in [1.54, 1.807) is 38.1 Å². The van der Waals surface area contributed by atoms with Crippen LogP contribution >= 0.6 is 23.1 Å². The Kier molecular flexibility index (Phi) is 16.7. The van der Waals surface area contributed by atoms with Crippen LogP contribution in [0.1, 0.15) is 39.9 Å². The zero-order valence-electron chi connectivity index (χ0n) is 42.0. The number of aromatic hydroxyl groups is 1. The van der Waals surface area contributed by atoms with Crippen LogP contribution in [0.4, 0.5) is 33.6 Å². The Morgan fingerprint density at radius 3 is 1.93 bits per heavy atom. The van der Waals surface area contributed by atoms with Crippen LogP contribution < -0.4 is 15.2 Å². The molecule has 3 heterocycles. The first-order valence-electron chi connectivity index (χ1n) is 22.8. The highest BCUT2D eigenvalue weighted by molar-refractivity contribution is 7.99. The van der Waals surface area contributed by atoms with Crippen LogP contribution in [-0.2, 0) is 50.6 Å². The van der Waals surface area contributed by atoms with Crippen molar-refractivity contribution in [1.29, 1.82) is 0 Å². The number of carbonyl (C=O) groups excluding carboxylic acids is 1. The van der Waals surface area contributed by atoms with Crippen molar-refractivity contribution in [1.82, 2.24) is 14.4 Å². The van der Waals surface area contributed by atoms with Gasteiger partial charge >= 0.3 is 0 Å². The number of fused-ring (bicyclic) bond motifs is 6. The molecule has 428 valence electrons. The van der Waals surface area contributed by atoms with Crippen molar-refractivity contribution >= 4 is 151 Å². The molecule has 0 aliphatic carbocycles. The number of pyridine rings is 1. The standard InChI is InChI=1S/C45H42N10O19S7/c1-21-15-29(51-53-37-23(3)36(42(46)56)43-47-26-9-5-6-10-31(26)55(43)44(37)57)32(74-11-7-13-77(58,59)60)19-27(21)49-52-30-16-22(2)28(20-33(30)75-12-8-14-78(61,62)63)50-54-45-48-38-34(79(64,65)66)17-24-25(40(38)76-45)18-35(80(67,68)69)41(39(24)73-4)81(70,71)72/h5-6,9-10,15-20,57H,7-8,11-14H2,1-4H3,(H2,46,56)(H,58,59,60)(H,61,62,63)(H,64,65,66)(H,67,68,69)(H,70,71,72). The number of hydrogen-bond donors (Lipinski definition) is 7. The summed E-state index contributed by atoms with van der Waals surface area (Å²) in [5.41, 5.74) is 7.44. The second-order valence-electron chi connectivity index (χ2n) is 17.4. The highest BCUT2D eigenvalue weighted by atomic mass is 32.2. The number of azo groups is 3. The molecule has 3 aromatic heterocycles. The smallest absolute Gasteiger partial charge is 0.299 e. The van der Waals surface area contributed by atoms with Crippen molar-refractivity contribution in [2.45, 2.75) is 53.2 Å². The van der Waals surface area contributed by atoms with Crippen molar-refractivity contribution in [3.8, 4) is 17.4 Å². The molecular formula is C45H42N10O19S7. The zero-order valence-corrected chi connectivity index (χ0v) is 47.7. The SMILES string of the molecule is COc1c(S(=O)(=O)O)c(S(=O)(=O)O)cc2c1cc(S(=O)(=O)O)c1nc(N=Nc3cc(SCCCS(=O)(=O)O)c(N=Nc4cc(OCCCS(=O)(=O)O)c(N=Nc5c(C)c(C(N)=O)c6nc7ccccc7n6c5O)cc4C)cc3C)sc12. The Bertz CT molecular complexity index is 4640. The fourth-order valence-electron chi connectivity index (χ4n) is 8.16. The molecule has 0 bridgehead atoms. The van der Waals surface area contributed by atoms with Crippen LogP contribution in [0.15, 0.2) is 111 Å². The number of carbonyl (C=O) groups is 1. The van der Waals surface area contributed by atoms with Crippen molar-refractivity contribution in [3.63, 3.8) is 0 Å². The molecule has 0 atom stereocenters. The lowest BCUT2D eigenvalue weighted by Crippen LogP contribution is -2.15. The van der Waals surface area contributed by atoms with Gasteiger partial charge in [0.25, 0.3) is 56.5 Å². The first-order valence-corrected chi connectivity index (χ1v) is 32.1. The summed E-state index contributed by atoms with van der Waals surface area (Å²) in [6.07, 6.45) is -0.222. The second kappa shape index (κ2) is 22.6. The number of methoxy groups -OCH3 is 1. The van der Waals surface area contributed by atoms with Gasteiger partial charge in [-0.3, -0.25) is 32.0 Å². The number of para-hydroxylation sites is 2. The molecule has 0 aliphatic rings. The number of nitrogens with two attached hydrogens (primary N) is 1. The number of rotatable bonds is 21. The minimum absolute atomic E-state index is 0.0262. The molecular weight excluding hydrogens is 1210 g/mol. The number of nitrogens with zero attached hydrogens (tertiary/aromatic N) is 9. The van der Waals surface area contributed by atoms with Gasteiger partial charge in [0.1, 0.15) is 38.2 Å². The molecule has 81 heavy (non-hydrogen) atoms. The Labute approximate surface area is 467 Å². The van der Waals surface area contributed by atoms with Gasteiger partial charge in [-0.05, 0) is 98.5 Å². The summed E-state index contributed by atoms with van der Waals surface area (Å²) in [5.74, 6) is -3.41. The number of aromatic nitrogens is 3.